The Morgan fingerprint density at radius 1 is 1.18 bits per heavy atom. The molecule has 5 rings (SSSR count). The predicted octanol–water partition coefficient (Wildman–Crippen LogP) is 4.48. The van der Waals surface area contributed by atoms with E-state index in [0.717, 1.165) is 30.9 Å². The lowest BCUT2D eigenvalue weighted by molar-refractivity contribution is -0.129. The van der Waals surface area contributed by atoms with E-state index in [1.807, 2.05) is 17.0 Å². The Balaban J connectivity index is 1.53. The van der Waals surface area contributed by atoms with E-state index < -0.39 is 0 Å². The van der Waals surface area contributed by atoms with Crippen LogP contribution in [0.3, 0.4) is 0 Å². The lowest BCUT2D eigenvalue weighted by Crippen LogP contribution is -2.48. The molecule has 5 nitrogen and oxygen atoms in total. The number of hydrogen-bond donors (Lipinski definition) is 0. The second-order valence-electron chi connectivity index (χ2n) is 8.06. The van der Waals surface area contributed by atoms with Crippen LogP contribution < -0.4 is 9.47 Å². The van der Waals surface area contributed by atoms with Gasteiger partial charge in [-0.15, -0.1) is 0 Å². The Morgan fingerprint density at radius 3 is 2.64 bits per heavy atom. The van der Waals surface area contributed by atoms with E-state index >= 15 is 0 Å². The van der Waals surface area contributed by atoms with Gasteiger partial charge in [-0.3, -0.25) is 4.79 Å². The molecule has 1 aromatic heterocycles. The van der Waals surface area contributed by atoms with Crippen molar-refractivity contribution in [3.8, 4) is 11.5 Å². The van der Waals surface area contributed by atoms with Crippen molar-refractivity contribution in [3.63, 3.8) is 0 Å². The minimum Gasteiger partial charge on any atom is -0.486 e. The van der Waals surface area contributed by atoms with E-state index in [0.29, 0.717) is 19.0 Å². The van der Waals surface area contributed by atoms with Crippen molar-refractivity contribution in [2.75, 3.05) is 19.8 Å². The first-order chi connectivity index (χ1) is 13.7. The smallest absolute Gasteiger partial charge is 0.247 e. The largest absolute Gasteiger partial charge is 0.486 e. The summed E-state index contributed by atoms with van der Waals surface area (Å²) in [7, 11) is 0. The number of fused-ring (bicyclic) bond motifs is 3. The first kappa shape index (κ1) is 17.4. The average Bonchev–Trinajstić information content (AvgIpc) is 3.41. The molecule has 1 atom stereocenters. The Labute approximate surface area is 164 Å². The lowest BCUT2D eigenvalue weighted by Gasteiger charge is -2.46. The summed E-state index contributed by atoms with van der Waals surface area (Å²) in [5.41, 5.74) is 2.56. The summed E-state index contributed by atoms with van der Waals surface area (Å²) in [6.45, 7) is 4.02. The molecule has 5 heteroatoms. The van der Waals surface area contributed by atoms with Gasteiger partial charge in [0.05, 0.1) is 12.3 Å². The van der Waals surface area contributed by atoms with E-state index in [1.54, 1.807) is 18.4 Å². The van der Waals surface area contributed by atoms with Crippen LogP contribution >= 0.6 is 0 Å². The van der Waals surface area contributed by atoms with Gasteiger partial charge < -0.3 is 18.8 Å². The number of furan rings is 1. The molecule has 2 aliphatic heterocycles. The fourth-order valence-corrected chi connectivity index (χ4v) is 5.01. The molecule has 1 spiro atoms. The van der Waals surface area contributed by atoms with Crippen LogP contribution in [-0.2, 0) is 10.2 Å². The highest BCUT2D eigenvalue weighted by Crippen LogP contribution is 2.51. The Hall–Kier alpha value is -2.69. The Kier molecular flexibility index (Phi) is 4.18. The van der Waals surface area contributed by atoms with Crippen LogP contribution in [0.4, 0.5) is 0 Å². The highest BCUT2D eigenvalue weighted by molar-refractivity contribution is 5.92. The van der Waals surface area contributed by atoms with Gasteiger partial charge in [0.1, 0.15) is 19.0 Å². The molecular formula is C23H25NO4. The zero-order valence-corrected chi connectivity index (χ0v) is 16.1. The fourth-order valence-electron chi connectivity index (χ4n) is 5.01. The second kappa shape index (κ2) is 6.73. The number of rotatable bonds is 2. The van der Waals surface area contributed by atoms with Gasteiger partial charge in [0.25, 0.3) is 0 Å². The van der Waals surface area contributed by atoms with Gasteiger partial charge in [-0.05, 0) is 61.2 Å². The van der Waals surface area contributed by atoms with Gasteiger partial charge in [0, 0.05) is 18.0 Å². The zero-order chi connectivity index (χ0) is 19.1. The third-order valence-electron chi connectivity index (χ3n) is 6.45. The maximum Gasteiger partial charge on any atom is 0.247 e. The van der Waals surface area contributed by atoms with Crippen molar-refractivity contribution >= 4 is 12.0 Å². The quantitative estimate of drug-likeness (QED) is 0.722. The standard InChI is InChI=1S/C23H25NO4/c1-16-18-13-20-21(28-12-11-27-20)14-19(18)23(8-2-3-9-23)15-24(16)22(25)7-6-17-5-4-10-26-17/h4-7,10,13-14,16H,2-3,8-9,11-12,15H2,1H3/b7-6+. The summed E-state index contributed by atoms with van der Waals surface area (Å²) in [4.78, 5) is 15.1. The molecule has 3 heterocycles. The molecular weight excluding hydrogens is 354 g/mol. The number of carbonyl (C=O) groups excluding carboxylic acids is 1. The van der Waals surface area contributed by atoms with Crippen LogP contribution in [0.15, 0.2) is 41.0 Å². The number of nitrogens with zero attached hydrogens (tertiary/aromatic N) is 1. The number of benzene rings is 1. The number of ether oxygens (including phenoxy) is 2. The minimum absolute atomic E-state index is 0.00852. The molecule has 3 aliphatic rings. The van der Waals surface area contributed by atoms with Gasteiger partial charge in [0.2, 0.25) is 5.91 Å². The molecule has 0 saturated heterocycles. The van der Waals surface area contributed by atoms with E-state index in [9.17, 15) is 4.79 Å². The Morgan fingerprint density at radius 2 is 1.93 bits per heavy atom. The molecule has 2 aromatic rings. The van der Waals surface area contributed by atoms with Crippen molar-refractivity contribution in [1.29, 1.82) is 0 Å². The number of hydrogen-bond acceptors (Lipinski definition) is 4. The number of carbonyl (C=O) groups is 1. The highest BCUT2D eigenvalue weighted by Gasteiger charge is 2.46. The maximum atomic E-state index is 13.1. The second-order valence-corrected chi connectivity index (χ2v) is 8.06. The molecule has 0 radical (unpaired) electrons. The first-order valence-corrected chi connectivity index (χ1v) is 10.1. The molecule has 146 valence electrons. The van der Waals surface area contributed by atoms with Crippen molar-refractivity contribution in [2.45, 2.75) is 44.1 Å². The lowest BCUT2D eigenvalue weighted by atomic mass is 9.71. The van der Waals surface area contributed by atoms with Crippen LogP contribution in [0.5, 0.6) is 11.5 Å². The predicted molar refractivity (Wildman–Crippen MR) is 105 cm³/mol. The zero-order valence-electron chi connectivity index (χ0n) is 16.1. The number of amides is 1. The minimum atomic E-state index is -0.00852. The maximum absolute atomic E-state index is 13.1. The normalized spacial score (nSPS) is 22.6. The summed E-state index contributed by atoms with van der Waals surface area (Å²) in [6, 6.07) is 7.95. The molecule has 1 aromatic carbocycles. The molecule has 28 heavy (non-hydrogen) atoms. The van der Waals surface area contributed by atoms with Gasteiger partial charge in [0.15, 0.2) is 11.5 Å². The average molecular weight is 379 g/mol. The van der Waals surface area contributed by atoms with E-state index in [4.69, 9.17) is 13.9 Å². The van der Waals surface area contributed by atoms with Crippen molar-refractivity contribution in [1.82, 2.24) is 4.90 Å². The molecule has 0 N–H and O–H groups in total. The van der Waals surface area contributed by atoms with Crippen LogP contribution in [0.1, 0.15) is 55.5 Å². The van der Waals surface area contributed by atoms with E-state index in [1.165, 1.54) is 24.0 Å². The summed E-state index contributed by atoms with van der Waals surface area (Å²) >= 11 is 0. The van der Waals surface area contributed by atoms with Crippen LogP contribution in [-0.4, -0.2) is 30.6 Å². The van der Waals surface area contributed by atoms with Crippen molar-refractivity contribution < 1.29 is 18.7 Å². The molecule has 1 saturated carbocycles. The third-order valence-corrected chi connectivity index (χ3v) is 6.45. The third kappa shape index (κ3) is 2.81. The van der Waals surface area contributed by atoms with Crippen molar-refractivity contribution in [3.05, 3.63) is 53.5 Å². The first-order valence-electron chi connectivity index (χ1n) is 10.1. The summed E-state index contributed by atoms with van der Waals surface area (Å²) in [5, 5.41) is 0. The molecule has 0 bridgehead atoms. The monoisotopic (exact) mass is 379 g/mol. The van der Waals surface area contributed by atoms with Gasteiger partial charge in [-0.2, -0.15) is 0 Å². The summed E-state index contributed by atoms with van der Waals surface area (Å²) in [5.74, 6) is 2.36. The molecule has 1 fully saturated rings. The van der Waals surface area contributed by atoms with Gasteiger partial charge in [-0.1, -0.05) is 12.8 Å². The van der Waals surface area contributed by atoms with Crippen molar-refractivity contribution in [2.24, 2.45) is 0 Å². The van der Waals surface area contributed by atoms with E-state index in [-0.39, 0.29) is 17.4 Å². The molecule has 1 unspecified atom stereocenters. The molecule has 1 amide bonds. The summed E-state index contributed by atoms with van der Waals surface area (Å²) in [6.07, 6.45) is 9.61. The van der Waals surface area contributed by atoms with Crippen LogP contribution in [0, 0.1) is 0 Å². The van der Waals surface area contributed by atoms with Gasteiger partial charge in [-0.25, -0.2) is 0 Å². The SMILES string of the molecule is CC1c2cc3c(cc2C2(CCCC2)CN1C(=O)/C=C/c1ccco1)OCCO3. The van der Waals surface area contributed by atoms with Crippen LogP contribution in [0.2, 0.25) is 0 Å². The molecule has 1 aliphatic carbocycles. The Bertz CT molecular complexity index is 909. The topological polar surface area (TPSA) is 51.9 Å². The fraction of sp³-hybridized carbons (Fsp3) is 0.435. The summed E-state index contributed by atoms with van der Waals surface area (Å²) < 4.78 is 17.0. The van der Waals surface area contributed by atoms with Crippen LogP contribution in [0.25, 0.3) is 6.08 Å². The van der Waals surface area contributed by atoms with Gasteiger partial charge >= 0.3 is 0 Å². The van der Waals surface area contributed by atoms with E-state index in [2.05, 4.69) is 19.1 Å². The highest BCUT2D eigenvalue weighted by atomic mass is 16.6.